The van der Waals surface area contributed by atoms with Crippen LogP contribution < -0.4 is 0 Å². The molecule has 0 heterocycles. The van der Waals surface area contributed by atoms with Gasteiger partial charge in [0.05, 0.1) is 6.61 Å². The number of phosphoric ester groups is 1. The summed E-state index contributed by atoms with van der Waals surface area (Å²) in [5.41, 5.74) is 0. The van der Waals surface area contributed by atoms with Crippen LogP contribution in [0.2, 0.25) is 0 Å². The molecule has 0 aromatic heterocycles. The van der Waals surface area contributed by atoms with E-state index >= 15 is 0 Å². The van der Waals surface area contributed by atoms with E-state index in [0.29, 0.717) is 6.42 Å². The Morgan fingerprint density at radius 3 is 1.37 bits per heavy atom. The third-order valence-corrected chi connectivity index (χ3v) is 9.32. The van der Waals surface area contributed by atoms with Gasteiger partial charge < -0.3 is 19.3 Å². The van der Waals surface area contributed by atoms with Crippen molar-refractivity contribution in [3.05, 3.63) is 48.6 Å². The lowest BCUT2D eigenvalue weighted by Gasteiger charge is -2.18. The molecule has 0 aromatic carbocycles. The van der Waals surface area contributed by atoms with Gasteiger partial charge in [0.15, 0.2) is 6.10 Å². The number of carbonyl (C=O) groups is 2. The highest BCUT2D eigenvalue weighted by Crippen LogP contribution is 2.36. The molecule has 8 nitrogen and oxygen atoms in total. The van der Waals surface area contributed by atoms with Gasteiger partial charge in [-0.15, -0.1) is 0 Å². The van der Waals surface area contributed by atoms with Crippen LogP contribution in [0.1, 0.15) is 194 Å². The van der Waals surface area contributed by atoms with Gasteiger partial charge in [0, 0.05) is 12.8 Å². The highest BCUT2D eigenvalue weighted by atomic mass is 31.2. The van der Waals surface area contributed by atoms with Crippen LogP contribution in [0, 0.1) is 0 Å². The second kappa shape index (κ2) is 38.7. The van der Waals surface area contributed by atoms with Crippen molar-refractivity contribution in [3.63, 3.8) is 0 Å². The summed E-state index contributed by atoms with van der Waals surface area (Å²) in [7, 11) is -4.76. The minimum atomic E-state index is -4.76. The summed E-state index contributed by atoms with van der Waals surface area (Å²) >= 11 is 0. The van der Waals surface area contributed by atoms with Crippen molar-refractivity contribution < 1.29 is 37.9 Å². The van der Waals surface area contributed by atoms with Gasteiger partial charge in [-0.3, -0.25) is 14.1 Å². The molecule has 0 spiro atoms. The number of phosphoric acid groups is 1. The average Bonchev–Trinajstić information content (AvgIpc) is 3.11. The zero-order chi connectivity index (χ0) is 38.2. The fourth-order valence-electron chi connectivity index (χ4n) is 5.72. The van der Waals surface area contributed by atoms with Crippen molar-refractivity contribution in [3.8, 4) is 0 Å². The monoisotopic (exact) mass is 753 g/mol. The number of carbonyl (C=O) groups excluding carboxylic acids is 2. The van der Waals surface area contributed by atoms with Crippen molar-refractivity contribution in [1.82, 2.24) is 0 Å². The molecule has 0 rings (SSSR count). The molecule has 0 amide bonds. The standard InChI is InChI=1S/C43H77O8P/c1-3-5-7-9-11-13-15-17-19-21-23-25-27-29-31-33-35-37-42(44)49-39-41(40-50-52(46,47)48)51-43(45)38-36-34-32-30-28-26-24-22-20-18-16-14-12-10-8-6-4-2/h8,10,14,16,20,22,26,28,41H,3-7,9,11-13,15,17-19,21,23-25,27,29-40H2,1-2H3,(H2,46,47,48)/b10-8+,16-14+,22-20+,28-26+/t41-/m1/s1. The molecule has 9 heteroatoms. The fourth-order valence-corrected chi connectivity index (χ4v) is 6.08. The quantitative estimate of drug-likeness (QED) is 0.0277. The molecule has 0 aliphatic heterocycles. The lowest BCUT2D eigenvalue weighted by atomic mass is 10.0. The Labute approximate surface area is 318 Å². The summed E-state index contributed by atoms with van der Waals surface area (Å²) in [6.45, 7) is 3.60. The summed E-state index contributed by atoms with van der Waals surface area (Å²) in [6.07, 6.45) is 46.9. The van der Waals surface area contributed by atoms with Gasteiger partial charge in [-0.25, -0.2) is 4.57 Å². The molecule has 1 atom stereocenters. The summed E-state index contributed by atoms with van der Waals surface area (Å²) in [4.78, 5) is 42.8. The van der Waals surface area contributed by atoms with E-state index < -0.39 is 32.5 Å². The first kappa shape index (κ1) is 50.0. The topological polar surface area (TPSA) is 119 Å². The van der Waals surface area contributed by atoms with E-state index in [4.69, 9.17) is 19.3 Å². The van der Waals surface area contributed by atoms with Crippen LogP contribution in [0.4, 0.5) is 0 Å². The zero-order valence-corrected chi connectivity index (χ0v) is 34.1. The Bertz CT molecular complexity index is 984. The molecular weight excluding hydrogens is 675 g/mol. The average molecular weight is 753 g/mol. The summed E-state index contributed by atoms with van der Waals surface area (Å²) < 4.78 is 26.4. The number of ether oxygens (including phenoxy) is 2. The summed E-state index contributed by atoms with van der Waals surface area (Å²) in [6, 6.07) is 0. The van der Waals surface area contributed by atoms with Crippen LogP contribution in [0.15, 0.2) is 48.6 Å². The van der Waals surface area contributed by atoms with Crippen LogP contribution >= 0.6 is 7.82 Å². The third-order valence-electron chi connectivity index (χ3n) is 8.83. The fraction of sp³-hybridized carbons (Fsp3) is 0.767. The maximum atomic E-state index is 12.4. The number of hydrogen-bond acceptors (Lipinski definition) is 6. The number of hydrogen-bond donors (Lipinski definition) is 2. The maximum Gasteiger partial charge on any atom is 0.469 e. The molecule has 0 aliphatic carbocycles. The van der Waals surface area contributed by atoms with Crippen LogP contribution in [0.25, 0.3) is 0 Å². The molecule has 0 radical (unpaired) electrons. The van der Waals surface area contributed by atoms with Crippen LogP contribution in [-0.2, 0) is 28.2 Å². The Kier molecular flexibility index (Phi) is 37.2. The van der Waals surface area contributed by atoms with Crippen molar-refractivity contribution in [2.24, 2.45) is 0 Å². The molecule has 0 aliphatic rings. The second-order valence-corrected chi connectivity index (χ2v) is 15.2. The van der Waals surface area contributed by atoms with Gasteiger partial charge in [-0.2, -0.15) is 0 Å². The largest absolute Gasteiger partial charge is 0.469 e. The van der Waals surface area contributed by atoms with Gasteiger partial charge in [0.25, 0.3) is 0 Å². The van der Waals surface area contributed by atoms with E-state index in [9.17, 15) is 14.2 Å². The highest BCUT2D eigenvalue weighted by Gasteiger charge is 2.22. The zero-order valence-electron chi connectivity index (χ0n) is 33.2. The SMILES string of the molecule is CCC/C=C/C/C=C/C/C=C/C/C=C/CCCCCC(=O)O[C@H](COC(=O)CCCCCCCCCCCCCCCCCCC)COP(=O)(O)O. The Morgan fingerprint density at radius 2 is 0.904 bits per heavy atom. The molecule has 0 unspecified atom stereocenters. The Morgan fingerprint density at radius 1 is 0.500 bits per heavy atom. The number of allylic oxidation sites excluding steroid dienone is 8. The van der Waals surface area contributed by atoms with E-state index in [2.05, 4.69) is 67.0 Å². The molecule has 0 saturated heterocycles. The van der Waals surface area contributed by atoms with Crippen LogP contribution in [0.3, 0.4) is 0 Å². The number of unbranched alkanes of at least 4 members (excludes halogenated alkanes) is 20. The van der Waals surface area contributed by atoms with Crippen molar-refractivity contribution >= 4 is 19.8 Å². The maximum absolute atomic E-state index is 12.4. The minimum absolute atomic E-state index is 0.175. The lowest BCUT2D eigenvalue weighted by Crippen LogP contribution is -2.29. The molecular formula is C43H77O8P. The van der Waals surface area contributed by atoms with Crippen LogP contribution in [-0.4, -0.2) is 41.0 Å². The Balaban J connectivity index is 3.97. The third kappa shape index (κ3) is 40.8. The van der Waals surface area contributed by atoms with Gasteiger partial charge in [0.1, 0.15) is 6.61 Å². The van der Waals surface area contributed by atoms with E-state index in [-0.39, 0.29) is 19.4 Å². The predicted molar refractivity (Wildman–Crippen MR) is 216 cm³/mol. The van der Waals surface area contributed by atoms with E-state index in [1.54, 1.807) is 0 Å². The van der Waals surface area contributed by atoms with E-state index in [1.165, 1.54) is 96.3 Å². The second-order valence-electron chi connectivity index (χ2n) is 14.0. The first-order valence-corrected chi connectivity index (χ1v) is 22.5. The van der Waals surface area contributed by atoms with E-state index in [1.807, 2.05) is 0 Å². The summed E-state index contributed by atoms with van der Waals surface area (Å²) in [5, 5.41) is 0. The van der Waals surface area contributed by atoms with Gasteiger partial charge in [-0.05, 0) is 51.4 Å². The number of rotatable bonds is 38. The van der Waals surface area contributed by atoms with Crippen molar-refractivity contribution in [1.29, 1.82) is 0 Å². The van der Waals surface area contributed by atoms with E-state index in [0.717, 1.165) is 64.2 Å². The first-order valence-electron chi connectivity index (χ1n) is 20.9. The van der Waals surface area contributed by atoms with Crippen LogP contribution in [0.5, 0.6) is 0 Å². The predicted octanol–water partition coefficient (Wildman–Crippen LogP) is 12.7. The Hall–Kier alpha value is -1.99. The molecule has 0 bridgehead atoms. The highest BCUT2D eigenvalue weighted by molar-refractivity contribution is 7.46. The normalized spacial score (nSPS) is 12.9. The van der Waals surface area contributed by atoms with Gasteiger partial charge in [0.2, 0.25) is 0 Å². The summed E-state index contributed by atoms with van der Waals surface area (Å²) in [5.74, 6) is -0.917. The lowest BCUT2D eigenvalue weighted by molar-refractivity contribution is -0.161. The van der Waals surface area contributed by atoms with Gasteiger partial charge in [-0.1, -0.05) is 178 Å². The molecule has 0 aromatic rings. The molecule has 0 fully saturated rings. The molecule has 302 valence electrons. The molecule has 52 heavy (non-hydrogen) atoms. The first-order chi connectivity index (χ1) is 25.3. The smallest absolute Gasteiger partial charge is 0.462 e. The molecule has 2 N–H and O–H groups in total. The minimum Gasteiger partial charge on any atom is -0.462 e. The van der Waals surface area contributed by atoms with Crippen molar-refractivity contribution in [2.75, 3.05) is 13.2 Å². The number of esters is 2. The molecule has 0 saturated carbocycles. The van der Waals surface area contributed by atoms with Gasteiger partial charge >= 0.3 is 19.8 Å². The van der Waals surface area contributed by atoms with Crippen molar-refractivity contribution in [2.45, 2.75) is 200 Å².